The van der Waals surface area contributed by atoms with E-state index in [0.29, 0.717) is 17.7 Å². The summed E-state index contributed by atoms with van der Waals surface area (Å²) in [5, 5.41) is 9.21. The molecule has 0 unspecified atom stereocenters. The molecule has 0 saturated heterocycles. The van der Waals surface area contributed by atoms with Gasteiger partial charge in [-0.15, -0.1) is 0 Å². The second-order valence-corrected chi connectivity index (χ2v) is 2.34. The van der Waals surface area contributed by atoms with Crippen LogP contribution in [-0.2, 0) is 6.42 Å². The smallest absolute Gasteiger partial charge is 0.339 e. The molecule has 0 fully saturated rings. The molecule has 11 heavy (non-hydrogen) atoms. The predicted octanol–water partition coefficient (Wildman–Crippen LogP) is 1.22. The summed E-state index contributed by atoms with van der Waals surface area (Å²) >= 11 is 0. The molecule has 3 nitrogen and oxygen atoms in total. The molecule has 1 N–H and O–H groups in total. The standard InChI is InChI=1S/C8H10O3/c1-3-6-5(2)11-8(10)4-7(6)9/h4,9H,3H2,1-2H3. The molecule has 1 aromatic rings. The third-order valence-corrected chi connectivity index (χ3v) is 1.60. The van der Waals surface area contributed by atoms with Crippen molar-refractivity contribution in [3.8, 4) is 5.75 Å². The van der Waals surface area contributed by atoms with Crippen LogP contribution < -0.4 is 5.63 Å². The molecule has 0 aliphatic carbocycles. The number of aromatic hydroxyl groups is 1. The number of aryl methyl sites for hydroxylation is 1. The summed E-state index contributed by atoms with van der Waals surface area (Å²) in [7, 11) is 0. The maximum atomic E-state index is 10.7. The van der Waals surface area contributed by atoms with Crippen molar-refractivity contribution in [1.29, 1.82) is 0 Å². The Bertz CT molecular complexity index is 285. The molecule has 1 rings (SSSR count). The predicted molar refractivity (Wildman–Crippen MR) is 40.8 cm³/mol. The molecule has 1 heterocycles. The van der Waals surface area contributed by atoms with Crippen LogP contribution in [0.2, 0.25) is 0 Å². The van der Waals surface area contributed by atoms with Gasteiger partial charge in [0.2, 0.25) is 0 Å². The summed E-state index contributed by atoms with van der Waals surface area (Å²) in [6.07, 6.45) is 0.668. The summed E-state index contributed by atoms with van der Waals surface area (Å²) in [4.78, 5) is 10.7. The number of rotatable bonds is 1. The fraction of sp³-hybridized carbons (Fsp3) is 0.375. The fourth-order valence-electron chi connectivity index (χ4n) is 1.05. The van der Waals surface area contributed by atoms with Gasteiger partial charge in [0.15, 0.2) is 0 Å². The van der Waals surface area contributed by atoms with Gasteiger partial charge in [0.25, 0.3) is 0 Å². The second-order valence-electron chi connectivity index (χ2n) is 2.34. The fourth-order valence-corrected chi connectivity index (χ4v) is 1.05. The molecule has 1 aromatic heterocycles. The van der Waals surface area contributed by atoms with Crippen LogP contribution in [0.15, 0.2) is 15.3 Å². The largest absolute Gasteiger partial charge is 0.507 e. The normalized spacial score (nSPS) is 10.0. The number of hydrogen-bond donors (Lipinski definition) is 1. The van der Waals surface area contributed by atoms with E-state index in [2.05, 4.69) is 0 Å². The van der Waals surface area contributed by atoms with Crippen molar-refractivity contribution in [3.63, 3.8) is 0 Å². The summed E-state index contributed by atoms with van der Waals surface area (Å²) in [5.74, 6) is 0.527. The maximum Gasteiger partial charge on any atom is 0.339 e. The van der Waals surface area contributed by atoms with Crippen LogP contribution in [0.5, 0.6) is 5.75 Å². The Morgan fingerprint density at radius 2 is 2.27 bits per heavy atom. The molecular weight excluding hydrogens is 144 g/mol. The van der Waals surface area contributed by atoms with E-state index in [1.807, 2.05) is 6.92 Å². The van der Waals surface area contributed by atoms with Crippen LogP contribution in [0, 0.1) is 6.92 Å². The average molecular weight is 154 g/mol. The lowest BCUT2D eigenvalue weighted by Crippen LogP contribution is -2.00. The lowest BCUT2D eigenvalue weighted by atomic mass is 10.1. The summed E-state index contributed by atoms with van der Waals surface area (Å²) in [6.45, 7) is 3.56. The van der Waals surface area contributed by atoms with Crippen LogP contribution in [0.4, 0.5) is 0 Å². The molecule has 0 saturated carbocycles. The van der Waals surface area contributed by atoms with E-state index in [-0.39, 0.29) is 5.75 Å². The summed E-state index contributed by atoms with van der Waals surface area (Å²) < 4.78 is 4.76. The molecule has 0 atom stereocenters. The average Bonchev–Trinajstić information content (AvgIpc) is 1.85. The van der Waals surface area contributed by atoms with Crippen molar-refractivity contribution in [3.05, 3.63) is 27.8 Å². The van der Waals surface area contributed by atoms with Gasteiger partial charge in [-0.3, -0.25) is 0 Å². The van der Waals surface area contributed by atoms with Gasteiger partial charge in [-0.25, -0.2) is 4.79 Å². The van der Waals surface area contributed by atoms with Crippen LogP contribution in [-0.4, -0.2) is 5.11 Å². The third kappa shape index (κ3) is 1.42. The minimum atomic E-state index is -0.503. The first-order valence-corrected chi connectivity index (χ1v) is 3.47. The first-order chi connectivity index (χ1) is 5.15. The Morgan fingerprint density at radius 3 is 2.73 bits per heavy atom. The van der Waals surface area contributed by atoms with Crippen molar-refractivity contribution in [2.24, 2.45) is 0 Å². The van der Waals surface area contributed by atoms with Crippen molar-refractivity contribution in [2.45, 2.75) is 20.3 Å². The van der Waals surface area contributed by atoms with Gasteiger partial charge in [-0.2, -0.15) is 0 Å². The molecule has 0 aliphatic rings. The summed E-state index contributed by atoms with van der Waals surface area (Å²) in [6, 6.07) is 1.09. The molecule has 0 aliphatic heterocycles. The number of hydrogen-bond acceptors (Lipinski definition) is 3. The molecule has 0 amide bonds. The quantitative estimate of drug-likeness (QED) is 0.661. The highest BCUT2D eigenvalue weighted by Gasteiger charge is 2.05. The Morgan fingerprint density at radius 1 is 1.64 bits per heavy atom. The van der Waals surface area contributed by atoms with E-state index < -0.39 is 5.63 Å². The van der Waals surface area contributed by atoms with Gasteiger partial charge in [0.05, 0.1) is 6.07 Å². The van der Waals surface area contributed by atoms with E-state index >= 15 is 0 Å². The second kappa shape index (κ2) is 2.78. The third-order valence-electron chi connectivity index (χ3n) is 1.60. The molecule has 0 spiro atoms. The molecule has 3 heteroatoms. The van der Waals surface area contributed by atoms with Gasteiger partial charge < -0.3 is 9.52 Å². The van der Waals surface area contributed by atoms with E-state index in [0.717, 1.165) is 6.07 Å². The SMILES string of the molecule is CCc1c(O)cc(=O)oc1C. The Hall–Kier alpha value is -1.25. The van der Waals surface area contributed by atoms with Crippen LogP contribution in [0.1, 0.15) is 18.2 Å². The van der Waals surface area contributed by atoms with E-state index in [1.54, 1.807) is 6.92 Å². The van der Waals surface area contributed by atoms with Crippen LogP contribution in [0.3, 0.4) is 0 Å². The zero-order valence-corrected chi connectivity index (χ0v) is 6.55. The Labute approximate surface area is 64.3 Å². The molecule has 60 valence electrons. The minimum absolute atomic E-state index is 0.0289. The Balaban J connectivity index is 3.36. The Kier molecular flexibility index (Phi) is 1.98. The molecule has 0 radical (unpaired) electrons. The molecule has 0 bridgehead atoms. The first-order valence-electron chi connectivity index (χ1n) is 3.47. The lowest BCUT2D eigenvalue weighted by Gasteiger charge is -2.01. The molecular formula is C8H10O3. The minimum Gasteiger partial charge on any atom is -0.507 e. The van der Waals surface area contributed by atoms with E-state index in [4.69, 9.17) is 4.42 Å². The summed E-state index contributed by atoms with van der Waals surface area (Å²) in [5.41, 5.74) is 0.196. The lowest BCUT2D eigenvalue weighted by molar-refractivity contribution is 0.424. The van der Waals surface area contributed by atoms with E-state index in [1.165, 1.54) is 0 Å². The van der Waals surface area contributed by atoms with Gasteiger partial charge in [-0.1, -0.05) is 6.92 Å². The van der Waals surface area contributed by atoms with Crippen molar-refractivity contribution < 1.29 is 9.52 Å². The van der Waals surface area contributed by atoms with Gasteiger partial charge in [0.1, 0.15) is 11.5 Å². The highest BCUT2D eigenvalue weighted by Crippen LogP contribution is 2.17. The topological polar surface area (TPSA) is 50.4 Å². The molecule has 0 aromatic carbocycles. The first kappa shape index (κ1) is 7.85. The van der Waals surface area contributed by atoms with Crippen molar-refractivity contribution >= 4 is 0 Å². The zero-order valence-electron chi connectivity index (χ0n) is 6.55. The van der Waals surface area contributed by atoms with Gasteiger partial charge >= 0.3 is 5.63 Å². The van der Waals surface area contributed by atoms with Gasteiger partial charge in [0, 0.05) is 5.56 Å². The zero-order chi connectivity index (χ0) is 8.43. The van der Waals surface area contributed by atoms with Crippen molar-refractivity contribution in [2.75, 3.05) is 0 Å². The van der Waals surface area contributed by atoms with Crippen LogP contribution >= 0.6 is 0 Å². The van der Waals surface area contributed by atoms with Gasteiger partial charge in [-0.05, 0) is 13.3 Å². The van der Waals surface area contributed by atoms with E-state index in [9.17, 15) is 9.90 Å². The highest BCUT2D eigenvalue weighted by molar-refractivity contribution is 5.31. The highest BCUT2D eigenvalue weighted by atomic mass is 16.4. The van der Waals surface area contributed by atoms with Crippen LogP contribution in [0.25, 0.3) is 0 Å². The van der Waals surface area contributed by atoms with Crippen molar-refractivity contribution in [1.82, 2.24) is 0 Å². The maximum absolute atomic E-state index is 10.7. The monoisotopic (exact) mass is 154 g/mol.